The molecule has 5 aromatic carbocycles. The minimum Gasteiger partial charge on any atom is -0.465 e. The zero-order valence-corrected chi connectivity index (χ0v) is 33.5. The summed E-state index contributed by atoms with van der Waals surface area (Å²) < 4.78 is 37.8. The molecule has 0 aliphatic heterocycles. The summed E-state index contributed by atoms with van der Waals surface area (Å²) in [7, 11) is -2.28. The fourth-order valence-electron chi connectivity index (χ4n) is 7.53. The predicted octanol–water partition coefficient (Wildman–Crippen LogP) is 9.40. The minimum absolute atomic E-state index is 0.0820. The average Bonchev–Trinajstić information content (AvgIpc) is 3.49. The third kappa shape index (κ3) is 9.93. The van der Waals surface area contributed by atoms with Gasteiger partial charge < -0.3 is 9.30 Å². The maximum atomic E-state index is 13.8. The summed E-state index contributed by atoms with van der Waals surface area (Å²) >= 11 is 6.71. The molecule has 1 heterocycles. The lowest BCUT2D eigenvalue weighted by Gasteiger charge is -2.25. The highest BCUT2D eigenvalue weighted by Crippen LogP contribution is 2.38. The second-order valence-corrected chi connectivity index (χ2v) is 16.1. The minimum atomic E-state index is -3.66. The number of esters is 1. The number of methoxy groups -OCH3 is 1. The van der Waals surface area contributed by atoms with Crippen LogP contribution in [0.15, 0.2) is 127 Å². The summed E-state index contributed by atoms with van der Waals surface area (Å²) in [6, 6.07) is 42.2. The standard InChI is InChI=1S/C46H50ClN3O4S/c1-4-49(5-2)32-38-20-12-13-21-39(38)33-55(52,53)48-30-29-44-41(22-14-15-34-23-25-37(26-24-34)46(51)54-3)42-31-40(47)27-28-43(42)50(44)45(35-16-8-6-9-17-35)36-18-10-7-11-19-36/h6-13,16-21,23-28,31,45,48H,4-5,14-15,22,29-30,32-33H2,1-3H3. The van der Waals surface area contributed by atoms with Crippen molar-refractivity contribution in [3.63, 3.8) is 0 Å². The molecule has 6 aromatic rings. The molecule has 286 valence electrons. The van der Waals surface area contributed by atoms with Gasteiger partial charge in [-0.15, -0.1) is 0 Å². The Labute approximate surface area is 331 Å². The van der Waals surface area contributed by atoms with E-state index in [1.807, 2.05) is 60.7 Å². The van der Waals surface area contributed by atoms with E-state index in [0.29, 0.717) is 23.6 Å². The number of ether oxygens (including phenoxy) is 1. The van der Waals surface area contributed by atoms with E-state index in [1.165, 1.54) is 7.11 Å². The lowest BCUT2D eigenvalue weighted by molar-refractivity contribution is 0.0600. The third-order valence-corrected chi connectivity index (χ3v) is 11.9. The van der Waals surface area contributed by atoms with Crippen LogP contribution in [-0.4, -0.2) is 50.6 Å². The van der Waals surface area contributed by atoms with Gasteiger partial charge in [0.25, 0.3) is 0 Å². The van der Waals surface area contributed by atoms with E-state index in [4.69, 9.17) is 16.3 Å². The topological polar surface area (TPSA) is 80.6 Å². The quantitative estimate of drug-likeness (QED) is 0.0881. The normalized spacial score (nSPS) is 11.8. The SMILES string of the molecule is CCN(CC)Cc1ccccc1CS(=O)(=O)NCCc1c(CCCc2ccc(C(=O)OC)cc2)c2cc(Cl)ccc2n1C(c1ccccc1)c1ccccc1. The highest BCUT2D eigenvalue weighted by Gasteiger charge is 2.26. The van der Waals surface area contributed by atoms with Crippen LogP contribution in [0.5, 0.6) is 0 Å². The maximum absolute atomic E-state index is 13.8. The molecule has 0 saturated carbocycles. The van der Waals surface area contributed by atoms with Crippen molar-refractivity contribution >= 4 is 38.5 Å². The van der Waals surface area contributed by atoms with Crippen LogP contribution in [0.2, 0.25) is 5.02 Å². The van der Waals surface area contributed by atoms with E-state index in [2.05, 4.69) is 82.6 Å². The van der Waals surface area contributed by atoms with Crippen LogP contribution in [0.3, 0.4) is 0 Å². The van der Waals surface area contributed by atoms with Crippen LogP contribution < -0.4 is 4.72 Å². The van der Waals surface area contributed by atoms with Crippen LogP contribution in [0.1, 0.15) is 75.7 Å². The second kappa shape index (κ2) is 18.7. The molecule has 0 radical (unpaired) electrons. The lowest BCUT2D eigenvalue weighted by atomic mass is 9.97. The molecule has 0 aliphatic carbocycles. The van der Waals surface area contributed by atoms with E-state index < -0.39 is 10.0 Å². The molecule has 0 unspecified atom stereocenters. The van der Waals surface area contributed by atoms with Gasteiger partial charge in [0, 0.05) is 41.1 Å². The number of hydrogen-bond acceptors (Lipinski definition) is 5. The van der Waals surface area contributed by atoms with Gasteiger partial charge in [-0.2, -0.15) is 0 Å². The number of halogens is 1. The van der Waals surface area contributed by atoms with Gasteiger partial charge in [-0.1, -0.05) is 123 Å². The van der Waals surface area contributed by atoms with E-state index in [0.717, 1.165) is 82.3 Å². The molecular weight excluding hydrogens is 726 g/mol. The van der Waals surface area contributed by atoms with Gasteiger partial charge in [0.05, 0.1) is 24.5 Å². The molecule has 0 saturated heterocycles. The first-order valence-corrected chi connectivity index (χ1v) is 21.1. The number of nitrogens with zero attached hydrogens (tertiary/aromatic N) is 2. The third-order valence-electron chi connectivity index (χ3n) is 10.4. The van der Waals surface area contributed by atoms with Gasteiger partial charge in [0.15, 0.2) is 0 Å². The van der Waals surface area contributed by atoms with Crippen LogP contribution in [0.4, 0.5) is 0 Å². The van der Waals surface area contributed by atoms with Crippen molar-refractivity contribution in [2.24, 2.45) is 0 Å². The molecule has 0 spiro atoms. The van der Waals surface area contributed by atoms with Crippen molar-refractivity contribution in [2.45, 2.75) is 57.9 Å². The van der Waals surface area contributed by atoms with E-state index in [-0.39, 0.29) is 24.3 Å². The van der Waals surface area contributed by atoms with Crippen molar-refractivity contribution in [3.05, 3.63) is 177 Å². The molecular formula is C46H50ClN3O4S. The summed E-state index contributed by atoms with van der Waals surface area (Å²) in [6.07, 6.45) is 2.87. The Morgan fingerprint density at radius 3 is 2.02 bits per heavy atom. The number of fused-ring (bicyclic) bond motifs is 1. The Morgan fingerprint density at radius 2 is 1.40 bits per heavy atom. The van der Waals surface area contributed by atoms with E-state index in [9.17, 15) is 13.2 Å². The number of carbonyl (C=O) groups excluding carboxylic acids is 1. The van der Waals surface area contributed by atoms with E-state index >= 15 is 0 Å². The number of benzene rings is 5. The Bertz CT molecular complexity index is 2250. The Balaban J connectivity index is 1.36. The number of nitrogens with one attached hydrogen (secondary N) is 1. The Kier molecular flexibility index (Phi) is 13.6. The van der Waals surface area contributed by atoms with Crippen molar-refractivity contribution < 1.29 is 17.9 Å². The predicted molar refractivity (Wildman–Crippen MR) is 224 cm³/mol. The van der Waals surface area contributed by atoms with Gasteiger partial charge >= 0.3 is 5.97 Å². The molecule has 0 bridgehead atoms. The van der Waals surface area contributed by atoms with Crippen LogP contribution in [-0.2, 0) is 46.3 Å². The summed E-state index contributed by atoms with van der Waals surface area (Å²) in [5, 5.41) is 1.71. The summed E-state index contributed by atoms with van der Waals surface area (Å²) in [6.45, 7) is 6.98. The van der Waals surface area contributed by atoms with Crippen LogP contribution in [0, 0.1) is 0 Å². The maximum Gasteiger partial charge on any atom is 0.337 e. The molecule has 0 amide bonds. The van der Waals surface area contributed by atoms with Crippen molar-refractivity contribution in [1.29, 1.82) is 0 Å². The van der Waals surface area contributed by atoms with Crippen molar-refractivity contribution in [3.8, 4) is 0 Å². The van der Waals surface area contributed by atoms with Gasteiger partial charge in [-0.25, -0.2) is 17.9 Å². The Morgan fingerprint density at radius 1 is 0.782 bits per heavy atom. The van der Waals surface area contributed by atoms with Crippen LogP contribution in [0.25, 0.3) is 10.9 Å². The van der Waals surface area contributed by atoms with Crippen molar-refractivity contribution in [1.82, 2.24) is 14.2 Å². The molecule has 9 heteroatoms. The number of rotatable bonds is 18. The molecule has 55 heavy (non-hydrogen) atoms. The summed E-state index contributed by atoms with van der Waals surface area (Å²) in [5.74, 6) is -0.437. The fraction of sp³-hybridized carbons (Fsp3) is 0.283. The smallest absolute Gasteiger partial charge is 0.337 e. The number of aromatic nitrogens is 1. The van der Waals surface area contributed by atoms with E-state index in [1.54, 1.807) is 12.1 Å². The van der Waals surface area contributed by atoms with Crippen molar-refractivity contribution in [2.75, 3.05) is 26.7 Å². The van der Waals surface area contributed by atoms with Gasteiger partial charge in [-0.05, 0) is 96.1 Å². The largest absolute Gasteiger partial charge is 0.465 e. The number of hydrogen-bond donors (Lipinski definition) is 1. The van der Waals surface area contributed by atoms with Gasteiger partial charge in [0.1, 0.15) is 0 Å². The molecule has 0 atom stereocenters. The first-order chi connectivity index (χ1) is 26.7. The van der Waals surface area contributed by atoms with Crippen LogP contribution >= 0.6 is 11.6 Å². The molecule has 1 N–H and O–H groups in total. The molecule has 1 aromatic heterocycles. The fourth-order valence-corrected chi connectivity index (χ4v) is 8.91. The van der Waals surface area contributed by atoms with Gasteiger partial charge in [0.2, 0.25) is 10.0 Å². The zero-order valence-electron chi connectivity index (χ0n) is 31.9. The second-order valence-electron chi connectivity index (χ2n) is 13.9. The summed E-state index contributed by atoms with van der Waals surface area (Å²) in [5.41, 5.74) is 9.02. The molecule has 0 fully saturated rings. The number of sulfonamides is 1. The first kappa shape index (κ1) is 39.9. The summed E-state index contributed by atoms with van der Waals surface area (Å²) in [4.78, 5) is 14.3. The highest BCUT2D eigenvalue weighted by atomic mass is 35.5. The zero-order chi connectivity index (χ0) is 38.8. The molecule has 0 aliphatic rings. The molecule has 7 nitrogen and oxygen atoms in total. The lowest BCUT2D eigenvalue weighted by Crippen LogP contribution is -2.29. The monoisotopic (exact) mass is 775 g/mol. The first-order valence-electron chi connectivity index (χ1n) is 19.1. The Hall–Kier alpha value is -4.73. The number of aryl methyl sites for hydroxylation is 2. The van der Waals surface area contributed by atoms with Gasteiger partial charge in [-0.3, -0.25) is 4.90 Å². The molecule has 6 rings (SSSR count). The number of carbonyl (C=O) groups is 1. The average molecular weight is 776 g/mol. The highest BCUT2D eigenvalue weighted by molar-refractivity contribution is 7.88.